The highest BCUT2D eigenvalue weighted by Gasteiger charge is 2.02. The molecule has 2 rings (SSSR count). The topological polar surface area (TPSA) is 65.2 Å². The van der Waals surface area contributed by atoms with Crippen LogP contribution in [0.4, 0.5) is 0 Å². The lowest BCUT2D eigenvalue weighted by Gasteiger charge is -2.05. The second-order valence-corrected chi connectivity index (χ2v) is 4.40. The van der Waals surface area contributed by atoms with Crippen LogP contribution in [0.3, 0.4) is 0 Å². The van der Waals surface area contributed by atoms with Gasteiger partial charge in [-0.3, -0.25) is 4.79 Å². The SMILES string of the molecule is NC(=O)c1cccc(OCCc2nccs2)c1. The second kappa shape index (κ2) is 5.45. The summed E-state index contributed by atoms with van der Waals surface area (Å²) in [5, 5.41) is 2.97. The number of primary amides is 1. The molecule has 2 aromatic rings. The van der Waals surface area contributed by atoms with Gasteiger partial charge >= 0.3 is 0 Å². The quantitative estimate of drug-likeness (QED) is 0.878. The summed E-state index contributed by atoms with van der Waals surface area (Å²) in [7, 11) is 0. The van der Waals surface area contributed by atoms with E-state index in [0.29, 0.717) is 17.9 Å². The molecule has 0 unspecified atom stereocenters. The highest BCUT2D eigenvalue weighted by molar-refractivity contribution is 7.09. The fourth-order valence-corrected chi connectivity index (χ4v) is 1.97. The largest absolute Gasteiger partial charge is 0.493 e. The molecule has 1 amide bonds. The minimum Gasteiger partial charge on any atom is -0.493 e. The van der Waals surface area contributed by atoms with E-state index in [4.69, 9.17) is 10.5 Å². The Morgan fingerprint density at radius 2 is 2.35 bits per heavy atom. The summed E-state index contributed by atoms with van der Waals surface area (Å²) in [6.45, 7) is 0.537. The molecule has 4 nitrogen and oxygen atoms in total. The van der Waals surface area contributed by atoms with Gasteiger partial charge in [0.2, 0.25) is 5.91 Å². The van der Waals surface area contributed by atoms with Crippen LogP contribution in [0.2, 0.25) is 0 Å². The summed E-state index contributed by atoms with van der Waals surface area (Å²) < 4.78 is 5.53. The number of amides is 1. The lowest BCUT2D eigenvalue weighted by molar-refractivity contribution is 0.1000. The molecule has 0 aliphatic heterocycles. The van der Waals surface area contributed by atoms with Crippen LogP contribution in [0.25, 0.3) is 0 Å². The van der Waals surface area contributed by atoms with Gasteiger partial charge in [-0.2, -0.15) is 0 Å². The number of nitrogens with zero attached hydrogens (tertiary/aromatic N) is 1. The van der Waals surface area contributed by atoms with Crippen LogP contribution >= 0.6 is 11.3 Å². The van der Waals surface area contributed by atoms with Gasteiger partial charge in [0.15, 0.2) is 0 Å². The van der Waals surface area contributed by atoms with Crippen molar-refractivity contribution in [2.24, 2.45) is 5.73 Å². The molecule has 17 heavy (non-hydrogen) atoms. The predicted molar refractivity (Wildman–Crippen MR) is 66.3 cm³/mol. The normalized spacial score (nSPS) is 10.1. The second-order valence-electron chi connectivity index (χ2n) is 3.42. The van der Waals surface area contributed by atoms with Crippen LogP contribution in [0.15, 0.2) is 35.8 Å². The molecule has 1 aromatic carbocycles. The highest BCUT2D eigenvalue weighted by atomic mass is 32.1. The molecule has 0 saturated heterocycles. The van der Waals surface area contributed by atoms with Gasteiger partial charge in [-0.05, 0) is 18.2 Å². The number of thiazole rings is 1. The zero-order valence-electron chi connectivity index (χ0n) is 9.13. The van der Waals surface area contributed by atoms with E-state index < -0.39 is 5.91 Å². The molecule has 0 aliphatic rings. The van der Waals surface area contributed by atoms with Crippen molar-refractivity contribution in [3.05, 3.63) is 46.4 Å². The van der Waals surface area contributed by atoms with Crippen molar-refractivity contribution in [2.45, 2.75) is 6.42 Å². The fourth-order valence-electron chi connectivity index (χ4n) is 1.37. The first-order valence-corrected chi connectivity index (χ1v) is 6.05. The standard InChI is InChI=1S/C12H12N2O2S/c13-12(15)9-2-1-3-10(8-9)16-6-4-11-14-5-7-17-11/h1-3,5,7-8H,4,6H2,(H2,13,15). The number of ether oxygens (including phenoxy) is 1. The number of hydrogen-bond donors (Lipinski definition) is 1. The van der Waals surface area contributed by atoms with E-state index in [2.05, 4.69) is 4.98 Å². The number of carbonyl (C=O) groups excluding carboxylic acids is 1. The third-order valence-electron chi connectivity index (χ3n) is 2.19. The molecule has 5 heteroatoms. The van der Waals surface area contributed by atoms with Crippen LogP contribution in [0.5, 0.6) is 5.75 Å². The third-order valence-corrected chi connectivity index (χ3v) is 3.03. The molecule has 0 spiro atoms. The Kier molecular flexibility index (Phi) is 3.72. The highest BCUT2D eigenvalue weighted by Crippen LogP contribution is 2.13. The zero-order valence-corrected chi connectivity index (χ0v) is 9.94. The lowest BCUT2D eigenvalue weighted by Crippen LogP contribution is -2.11. The van der Waals surface area contributed by atoms with E-state index in [-0.39, 0.29) is 0 Å². The average molecular weight is 248 g/mol. The number of nitrogens with two attached hydrogens (primary N) is 1. The van der Waals surface area contributed by atoms with Gasteiger partial charge in [-0.25, -0.2) is 4.98 Å². The van der Waals surface area contributed by atoms with Gasteiger partial charge in [0, 0.05) is 23.6 Å². The molecule has 0 radical (unpaired) electrons. The van der Waals surface area contributed by atoms with Crippen molar-refractivity contribution in [2.75, 3.05) is 6.61 Å². The van der Waals surface area contributed by atoms with E-state index in [1.54, 1.807) is 41.8 Å². The van der Waals surface area contributed by atoms with Crippen molar-refractivity contribution in [3.63, 3.8) is 0 Å². The van der Waals surface area contributed by atoms with Crippen molar-refractivity contribution < 1.29 is 9.53 Å². The van der Waals surface area contributed by atoms with Gasteiger partial charge in [0.05, 0.1) is 11.6 Å². The van der Waals surface area contributed by atoms with Crippen molar-refractivity contribution in [1.29, 1.82) is 0 Å². The molecule has 0 saturated carbocycles. The van der Waals surface area contributed by atoms with Gasteiger partial charge in [-0.1, -0.05) is 6.07 Å². The summed E-state index contributed by atoms with van der Waals surface area (Å²) in [5.41, 5.74) is 5.64. The summed E-state index contributed by atoms with van der Waals surface area (Å²) in [6, 6.07) is 6.85. The minimum absolute atomic E-state index is 0.449. The average Bonchev–Trinajstić information content (AvgIpc) is 2.82. The molecular weight excluding hydrogens is 236 g/mol. The van der Waals surface area contributed by atoms with Gasteiger partial charge < -0.3 is 10.5 Å². The molecule has 1 heterocycles. The van der Waals surface area contributed by atoms with E-state index in [1.807, 2.05) is 5.38 Å². The van der Waals surface area contributed by atoms with Crippen LogP contribution in [0.1, 0.15) is 15.4 Å². The summed E-state index contributed by atoms with van der Waals surface area (Å²) in [6.07, 6.45) is 2.53. The summed E-state index contributed by atoms with van der Waals surface area (Å²) in [4.78, 5) is 15.1. The first kappa shape index (κ1) is 11.6. The maximum absolute atomic E-state index is 11.0. The summed E-state index contributed by atoms with van der Waals surface area (Å²) in [5.74, 6) is 0.202. The third kappa shape index (κ3) is 3.29. The number of aromatic nitrogens is 1. The van der Waals surface area contributed by atoms with Crippen molar-refractivity contribution in [3.8, 4) is 5.75 Å². The van der Waals surface area contributed by atoms with Gasteiger partial charge in [-0.15, -0.1) is 11.3 Å². The first-order valence-electron chi connectivity index (χ1n) is 5.17. The maximum Gasteiger partial charge on any atom is 0.248 e. The Bertz CT molecular complexity index is 497. The predicted octanol–water partition coefficient (Wildman–Crippen LogP) is 1.86. The molecule has 0 bridgehead atoms. The van der Waals surface area contributed by atoms with Crippen LogP contribution in [0, 0.1) is 0 Å². The van der Waals surface area contributed by atoms with E-state index >= 15 is 0 Å². The fraction of sp³-hybridized carbons (Fsp3) is 0.167. The maximum atomic E-state index is 11.0. The molecular formula is C12H12N2O2S. The van der Waals surface area contributed by atoms with E-state index in [0.717, 1.165) is 11.4 Å². The number of carbonyl (C=O) groups is 1. The van der Waals surface area contributed by atoms with Crippen LogP contribution in [-0.4, -0.2) is 17.5 Å². The molecule has 0 aliphatic carbocycles. The lowest BCUT2D eigenvalue weighted by atomic mass is 10.2. The first-order chi connectivity index (χ1) is 8.25. The Morgan fingerprint density at radius 3 is 3.06 bits per heavy atom. The number of benzene rings is 1. The van der Waals surface area contributed by atoms with Crippen LogP contribution in [-0.2, 0) is 6.42 Å². The Labute approximate surface area is 103 Å². The van der Waals surface area contributed by atoms with Crippen molar-refractivity contribution in [1.82, 2.24) is 4.98 Å². The van der Waals surface area contributed by atoms with E-state index in [1.165, 1.54) is 0 Å². The van der Waals surface area contributed by atoms with Crippen LogP contribution < -0.4 is 10.5 Å². The Balaban J connectivity index is 1.90. The monoisotopic (exact) mass is 248 g/mol. The molecule has 2 N–H and O–H groups in total. The number of hydrogen-bond acceptors (Lipinski definition) is 4. The van der Waals surface area contributed by atoms with E-state index in [9.17, 15) is 4.79 Å². The molecule has 0 fully saturated rings. The molecule has 1 aromatic heterocycles. The smallest absolute Gasteiger partial charge is 0.248 e. The van der Waals surface area contributed by atoms with Gasteiger partial charge in [0.1, 0.15) is 5.75 Å². The Hall–Kier alpha value is -1.88. The number of rotatable bonds is 5. The summed E-state index contributed by atoms with van der Waals surface area (Å²) >= 11 is 1.60. The van der Waals surface area contributed by atoms with Gasteiger partial charge in [0.25, 0.3) is 0 Å². The Morgan fingerprint density at radius 1 is 1.47 bits per heavy atom. The van der Waals surface area contributed by atoms with Crippen molar-refractivity contribution >= 4 is 17.2 Å². The zero-order chi connectivity index (χ0) is 12.1. The molecule has 88 valence electrons. The molecule has 0 atom stereocenters. The minimum atomic E-state index is -0.449.